The molecule has 2 aromatic carbocycles. The summed E-state index contributed by atoms with van der Waals surface area (Å²) in [6.45, 7) is 1.99. The summed E-state index contributed by atoms with van der Waals surface area (Å²) in [6, 6.07) is 8.90. The quantitative estimate of drug-likeness (QED) is 0.431. The fourth-order valence-corrected chi connectivity index (χ4v) is 4.86. The molecule has 1 atom stereocenters. The molecule has 2 aliphatic heterocycles. The topological polar surface area (TPSA) is 95.7 Å². The number of allylic oxidation sites excluding steroid dienone is 1. The molecule has 1 fully saturated rings. The second kappa shape index (κ2) is 10.7. The first-order valence-electron chi connectivity index (χ1n) is 12.3. The molecule has 0 spiro atoms. The Labute approximate surface area is 221 Å². The number of primary amides is 1. The van der Waals surface area contributed by atoms with Crippen molar-refractivity contribution in [3.8, 4) is 0 Å². The molecule has 2 aliphatic rings. The summed E-state index contributed by atoms with van der Waals surface area (Å²) in [5.41, 5.74) is 2.50. The Morgan fingerprint density at radius 3 is 2.49 bits per heavy atom. The second-order valence-electron chi connectivity index (χ2n) is 9.74. The molecule has 12 heteroatoms. The number of anilines is 2. The molecule has 3 N–H and O–H groups in total. The van der Waals surface area contributed by atoms with Gasteiger partial charge in [-0.15, -0.1) is 0 Å². The van der Waals surface area contributed by atoms with Crippen molar-refractivity contribution in [1.29, 1.82) is 0 Å². The molecule has 0 saturated carbocycles. The van der Waals surface area contributed by atoms with Crippen molar-refractivity contribution in [3.63, 3.8) is 0 Å². The molecule has 208 valence electrons. The van der Waals surface area contributed by atoms with Crippen molar-refractivity contribution in [2.45, 2.75) is 31.9 Å². The van der Waals surface area contributed by atoms with Gasteiger partial charge in [-0.1, -0.05) is 25.1 Å². The van der Waals surface area contributed by atoms with Gasteiger partial charge >= 0.3 is 6.18 Å². The first-order valence-corrected chi connectivity index (χ1v) is 12.3. The number of alkyl halides is 5. The maximum Gasteiger partial charge on any atom is 0.417 e. The molecule has 3 amide bonds. The van der Waals surface area contributed by atoms with Crippen LogP contribution in [0.15, 0.2) is 48.5 Å². The van der Waals surface area contributed by atoms with Crippen LogP contribution < -0.4 is 20.9 Å². The molecule has 0 aliphatic carbocycles. The molecule has 4 rings (SSSR count). The number of nitrogens with two attached hydrogens (primary N) is 1. The first-order chi connectivity index (χ1) is 18.3. The minimum Gasteiger partial charge on any atom is -0.371 e. The number of rotatable bonds is 5. The van der Waals surface area contributed by atoms with E-state index in [1.54, 1.807) is 0 Å². The summed E-state index contributed by atoms with van der Waals surface area (Å²) in [4.78, 5) is 39.5. The number of halogens is 5. The maximum atomic E-state index is 15.3. The van der Waals surface area contributed by atoms with Gasteiger partial charge in [0, 0.05) is 49.0 Å². The molecule has 7 nitrogen and oxygen atoms in total. The zero-order chi connectivity index (χ0) is 28.5. The summed E-state index contributed by atoms with van der Waals surface area (Å²) in [5.74, 6) is -6.28. The zero-order valence-corrected chi connectivity index (χ0v) is 21.0. The summed E-state index contributed by atoms with van der Waals surface area (Å²) in [5, 5.41) is 2.10. The van der Waals surface area contributed by atoms with Gasteiger partial charge in [0.05, 0.1) is 23.4 Å². The highest BCUT2D eigenvalue weighted by atomic mass is 19.4. The number of para-hydroxylation sites is 1. The van der Waals surface area contributed by atoms with Crippen molar-refractivity contribution >= 4 is 34.7 Å². The lowest BCUT2D eigenvalue weighted by Gasteiger charge is -2.26. The maximum absolute atomic E-state index is 15.3. The van der Waals surface area contributed by atoms with E-state index in [1.165, 1.54) is 30.3 Å². The zero-order valence-electron chi connectivity index (χ0n) is 21.0. The van der Waals surface area contributed by atoms with Crippen molar-refractivity contribution in [2.24, 2.45) is 11.7 Å². The molecule has 1 unspecified atom stereocenters. The van der Waals surface area contributed by atoms with Gasteiger partial charge in [0.2, 0.25) is 11.8 Å². The number of fused-ring (bicyclic) bond motifs is 1. The predicted molar refractivity (Wildman–Crippen MR) is 135 cm³/mol. The van der Waals surface area contributed by atoms with E-state index in [0.717, 1.165) is 23.5 Å². The van der Waals surface area contributed by atoms with Crippen LogP contribution in [-0.2, 0) is 15.8 Å². The van der Waals surface area contributed by atoms with Gasteiger partial charge < -0.3 is 20.9 Å². The Morgan fingerprint density at radius 1 is 1.13 bits per heavy atom. The van der Waals surface area contributed by atoms with Gasteiger partial charge in [-0.3, -0.25) is 14.4 Å². The summed E-state index contributed by atoms with van der Waals surface area (Å²) in [6.07, 6.45) is -4.38. The van der Waals surface area contributed by atoms with Gasteiger partial charge in [0.25, 0.3) is 11.8 Å². The van der Waals surface area contributed by atoms with E-state index >= 15 is 8.78 Å². The molecule has 0 bridgehead atoms. The number of hydrogen-bond donors (Lipinski definition) is 2. The van der Waals surface area contributed by atoms with Gasteiger partial charge in [-0.25, -0.2) is 8.78 Å². The molecular weight excluding hydrogens is 523 g/mol. The second-order valence-corrected chi connectivity index (χ2v) is 9.74. The lowest BCUT2D eigenvalue weighted by atomic mass is 9.97. The fourth-order valence-electron chi connectivity index (χ4n) is 4.86. The number of carbonyl (C=O) groups excluding carboxylic acids is 3. The van der Waals surface area contributed by atoms with E-state index < -0.39 is 66.0 Å². The van der Waals surface area contributed by atoms with Crippen molar-refractivity contribution < 1.29 is 36.3 Å². The van der Waals surface area contributed by atoms with Crippen LogP contribution in [0.4, 0.5) is 33.3 Å². The van der Waals surface area contributed by atoms with Crippen molar-refractivity contribution in [3.05, 3.63) is 65.2 Å². The Kier molecular flexibility index (Phi) is 7.67. The normalized spacial score (nSPS) is 19.9. The Hall–Kier alpha value is -3.96. The van der Waals surface area contributed by atoms with Crippen LogP contribution in [0.1, 0.15) is 41.3 Å². The van der Waals surface area contributed by atoms with E-state index in [1.807, 2.05) is 11.8 Å². The average Bonchev–Trinajstić information content (AvgIpc) is 3.27. The van der Waals surface area contributed by atoms with Crippen LogP contribution in [-0.4, -0.2) is 49.8 Å². The van der Waals surface area contributed by atoms with Crippen LogP contribution in [0.5, 0.6) is 0 Å². The smallest absolute Gasteiger partial charge is 0.371 e. The fraction of sp³-hybridized carbons (Fsp3) is 0.370. The minimum atomic E-state index is -4.87. The standard InChI is InChI=1S/C27H27F5N4O3/c1-16-8-10-35(15-16)17-6-7-19(21(12-17)27(30,31)32)25(39)36-11-9-26(28,29)20(13-24(38)34-14-23(33)37)18-4-2-3-5-22(18)36/h2-7,12-13,16H,8-11,14-15H2,1H3,(H2,33,37)(H,34,38)/b20-13-. The van der Waals surface area contributed by atoms with Crippen LogP contribution in [0.25, 0.3) is 5.57 Å². The molecule has 2 aromatic rings. The molecule has 2 heterocycles. The third-order valence-electron chi connectivity index (χ3n) is 6.81. The SMILES string of the molecule is CC1CCN(c2ccc(C(=O)N3CCC(F)(F)/C(=C\C(=O)NCC(N)=O)c4ccccc43)c(C(F)(F)F)c2)C1. The van der Waals surface area contributed by atoms with Crippen LogP contribution in [0.3, 0.4) is 0 Å². The molecule has 1 saturated heterocycles. The third kappa shape index (κ3) is 6.04. The molecule has 0 radical (unpaired) electrons. The number of nitrogens with one attached hydrogen (secondary N) is 1. The molecule has 39 heavy (non-hydrogen) atoms. The summed E-state index contributed by atoms with van der Waals surface area (Å²) < 4.78 is 73.0. The number of carbonyl (C=O) groups is 3. The van der Waals surface area contributed by atoms with E-state index in [-0.39, 0.29) is 11.3 Å². The van der Waals surface area contributed by atoms with Gasteiger partial charge in [-0.05, 0) is 36.6 Å². The predicted octanol–water partition coefficient (Wildman–Crippen LogP) is 4.22. The Balaban J connectivity index is 1.76. The number of benzene rings is 2. The van der Waals surface area contributed by atoms with Gasteiger partial charge in [-0.2, -0.15) is 13.2 Å². The van der Waals surface area contributed by atoms with E-state index in [2.05, 4.69) is 5.32 Å². The summed E-state index contributed by atoms with van der Waals surface area (Å²) in [7, 11) is 0. The van der Waals surface area contributed by atoms with Crippen LogP contribution in [0.2, 0.25) is 0 Å². The van der Waals surface area contributed by atoms with Crippen LogP contribution in [0, 0.1) is 5.92 Å². The summed E-state index contributed by atoms with van der Waals surface area (Å²) >= 11 is 0. The van der Waals surface area contributed by atoms with Crippen molar-refractivity contribution in [2.75, 3.05) is 36.0 Å². The van der Waals surface area contributed by atoms with E-state index in [9.17, 15) is 27.6 Å². The highest BCUT2D eigenvalue weighted by molar-refractivity contribution is 6.10. The highest BCUT2D eigenvalue weighted by Crippen LogP contribution is 2.44. The van der Waals surface area contributed by atoms with Gasteiger partial charge in [0.1, 0.15) is 0 Å². The van der Waals surface area contributed by atoms with Crippen LogP contribution >= 0.6 is 0 Å². The van der Waals surface area contributed by atoms with E-state index in [0.29, 0.717) is 30.8 Å². The lowest BCUT2D eigenvalue weighted by Crippen LogP contribution is -2.35. The highest BCUT2D eigenvalue weighted by Gasteiger charge is 2.43. The largest absolute Gasteiger partial charge is 0.417 e. The number of amides is 3. The minimum absolute atomic E-state index is 0.0702. The third-order valence-corrected chi connectivity index (χ3v) is 6.81. The average molecular weight is 551 g/mol. The molecule has 0 aromatic heterocycles. The van der Waals surface area contributed by atoms with E-state index in [4.69, 9.17) is 5.73 Å². The van der Waals surface area contributed by atoms with Gasteiger partial charge in [0.15, 0.2) is 0 Å². The number of nitrogens with zero attached hydrogens (tertiary/aromatic N) is 2. The monoisotopic (exact) mass is 550 g/mol. The molecular formula is C27H27F5N4O3. The lowest BCUT2D eigenvalue weighted by molar-refractivity contribution is -0.137. The Bertz CT molecular complexity index is 1320. The number of hydrogen-bond acceptors (Lipinski definition) is 4. The van der Waals surface area contributed by atoms with Crippen molar-refractivity contribution in [1.82, 2.24) is 5.32 Å². The first kappa shape index (κ1) is 28.1. The Morgan fingerprint density at radius 2 is 1.85 bits per heavy atom.